The molecule has 0 aliphatic rings. The molecule has 2 N–H and O–H groups in total. The Hall–Kier alpha value is -2.76. The van der Waals surface area contributed by atoms with Crippen LogP contribution in [0.4, 0.5) is 14.5 Å². The Kier molecular flexibility index (Phi) is 4.83. The summed E-state index contributed by atoms with van der Waals surface area (Å²) in [6, 6.07) is 11.7. The lowest BCUT2D eigenvalue weighted by Crippen LogP contribution is -2.37. The molecule has 2 rings (SSSR count). The van der Waals surface area contributed by atoms with E-state index < -0.39 is 35.2 Å². The smallest absolute Gasteiger partial charge is 0.313 e. The summed E-state index contributed by atoms with van der Waals surface area (Å²) in [6.45, 7) is 1.70. The highest BCUT2D eigenvalue weighted by Crippen LogP contribution is 2.18. The minimum atomic E-state index is -1.13. The number of halogens is 2. The molecule has 0 fully saturated rings. The predicted molar refractivity (Wildman–Crippen MR) is 78.0 cm³/mol. The fraction of sp³-hybridized carbons (Fsp3) is 0.125. The van der Waals surface area contributed by atoms with Crippen LogP contribution in [-0.2, 0) is 9.59 Å². The van der Waals surface area contributed by atoms with Crippen LogP contribution in [0, 0.1) is 11.6 Å². The van der Waals surface area contributed by atoms with Gasteiger partial charge in [-0.15, -0.1) is 0 Å². The maximum absolute atomic E-state index is 13.4. The lowest BCUT2D eigenvalue weighted by Gasteiger charge is -2.14. The summed E-state index contributed by atoms with van der Waals surface area (Å²) >= 11 is 0. The Morgan fingerprint density at radius 2 is 1.50 bits per heavy atom. The van der Waals surface area contributed by atoms with Gasteiger partial charge < -0.3 is 10.6 Å². The lowest BCUT2D eigenvalue weighted by molar-refractivity contribution is -0.136. The van der Waals surface area contributed by atoms with Crippen molar-refractivity contribution in [2.24, 2.45) is 0 Å². The molecular formula is C16H14F2N2O2. The second kappa shape index (κ2) is 6.80. The summed E-state index contributed by atoms with van der Waals surface area (Å²) in [5.74, 6) is -4.00. The van der Waals surface area contributed by atoms with Gasteiger partial charge in [0.1, 0.15) is 17.3 Å². The number of nitrogens with one attached hydrogen (secondary N) is 2. The number of para-hydroxylation sites is 1. The van der Waals surface area contributed by atoms with Crippen LogP contribution in [0.2, 0.25) is 0 Å². The van der Waals surface area contributed by atoms with Gasteiger partial charge in [-0.1, -0.05) is 36.4 Å². The van der Waals surface area contributed by atoms with Gasteiger partial charge >= 0.3 is 11.8 Å². The largest absolute Gasteiger partial charge is 0.341 e. The Labute approximate surface area is 126 Å². The minimum absolute atomic E-state index is 0.412. The first-order chi connectivity index (χ1) is 10.5. The standard InChI is InChI=1S/C16H14F2N2O2/c1-10(11-6-3-2-4-7-11)19-15(21)16(22)20-14-12(17)8-5-9-13(14)18/h2-10H,1H3,(H,19,21)(H,20,22). The van der Waals surface area contributed by atoms with E-state index in [1.165, 1.54) is 0 Å². The van der Waals surface area contributed by atoms with Gasteiger partial charge in [-0.25, -0.2) is 8.78 Å². The summed E-state index contributed by atoms with van der Waals surface area (Å²) in [4.78, 5) is 23.5. The van der Waals surface area contributed by atoms with Crippen LogP contribution < -0.4 is 10.6 Å². The zero-order valence-corrected chi connectivity index (χ0v) is 11.8. The molecule has 0 aliphatic carbocycles. The topological polar surface area (TPSA) is 58.2 Å². The van der Waals surface area contributed by atoms with Crippen LogP contribution >= 0.6 is 0 Å². The second-order valence-corrected chi connectivity index (χ2v) is 4.66. The lowest BCUT2D eigenvalue weighted by atomic mass is 10.1. The summed E-state index contributed by atoms with van der Waals surface area (Å²) in [6.07, 6.45) is 0. The van der Waals surface area contributed by atoms with Crippen LogP contribution in [0.5, 0.6) is 0 Å². The van der Waals surface area contributed by atoms with Crippen molar-refractivity contribution in [1.82, 2.24) is 5.32 Å². The van der Waals surface area contributed by atoms with E-state index >= 15 is 0 Å². The molecule has 1 unspecified atom stereocenters. The van der Waals surface area contributed by atoms with E-state index in [1.807, 2.05) is 11.4 Å². The van der Waals surface area contributed by atoms with Crippen molar-refractivity contribution in [3.63, 3.8) is 0 Å². The molecule has 0 radical (unpaired) electrons. The van der Waals surface area contributed by atoms with Gasteiger partial charge in [-0.3, -0.25) is 9.59 Å². The average Bonchev–Trinajstić information content (AvgIpc) is 2.51. The number of carbonyl (C=O) groups is 2. The highest BCUT2D eigenvalue weighted by atomic mass is 19.1. The molecule has 0 bridgehead atoms. The molecule has 0 heterocycles. The number of benzene rings is 2. The van der Waals surface area contributed by atoms with Gasteiger partial charge in [0, 0.05) is 0 Å². The Morgan fingerprint density at radius 3 is 2.09 bits per heavy atom. The van der Waals surface area contributed by atoms with E-state index in [9.17, 15) is 18.4 Å². The first-order valence-corrected chi connectivity index (χ1v) is 6.60. The summed E-state index contributed by atoms with van der Waals surface area (Å²) < 4.78 is 26.8. The second-order valence-electron chi connectivity index (χ2n) is 4.66. The van der Waals surface area contributed by atoms with Crippen LogP contribution in [-0.4, -0.2) is 11.8 Å². The van der Waals surface area contributed by atoms with Gasteiger partial charge in [0.15, 0.2) is 0 Å². The van der Waals surface area contributed by atoms with Crippen molar-refractivity contribution in [2.45, 2.75) is 13.0 Å². The number of anilines is 1. The first kappa shape index (κ1) is 15.6. The van der Waals surface area contributed by atoms with Crippen LogP contribution in [0.25, 0.3) is 0 Å². The number of carbonyl (C=O) groups excluding carboxylic acids is 2. The van der Waals surface area contributed by atoms with Gasteiger partial charge in [-0.2, -0.15) is 0 Å². The normalized spacial score (nSPS) is 11.6. The van der Waals surface area contributed by atoms with Gasteiger partial charge in [0.05, 0.1) is 6.04 Å². The number of hydrogen-bond donors (Lipinski definition) is 2. The molecular weight excluding hydrogens is 290 g/mol. The molecule has 1 atom stereocenters. The fourth-order valence-electron chi connectivity index (χ4n) is 1.87. The molecule has 22 heavy (non-hydrogen) atoms. The molecule has 2 amide bonds. The monoisotopic (exact) mass is 304 g/mol. The van der Waals surface area contributed by atoms with Crippen molar-refractivity contribution in [2.75, 3.05) is 5.32 Å². The van der Waals surface area contributed by atoms with E-state index in [0.29, 0.717) is 0 Å². The van der Waals surface area contributed by atoms with Crippen molar-refractivity contribution >= 4 is 17.5 Å². The molecule has 0 aliphatic heterocycles. The third kappa shape index (κ3) is 3.66. The highest BCUT2D eigenvalue weighted by Gasteiger charge is 2.20. The van der Waals surface area contributed by atoms with Crippen molar-refractivity contribution in [1.29, 1.82) is 0 Å². The third-order valence-corrected chi connectivity index (χ3v) is 3.05. The highest BCUT2D eigenvalue weighted by molar-refractivity contribution is 6.39. The molecule has 0 aromatic heterocycles. The number of amides is 2. The molecule has 4 nitrogen and oxygen atoms in total. The average molecular weight is 304 g/mol. The molecule has 2 aromatic carbocycles. The van der Waals surface area contributed by atoms with Crippen molar-refractivity contribution in [3.05, 3.63) is 65.7 Å². The van der Waals surface area contributed by atoms with Gasteiger partial charge in [-0.05, 0) is 24.6 Å². The molecule has 0 saturated heterocycles. The van der Waals surface area contributed by atoms with Crippen molar-refractivity contribution in [3.8, 4) is 0 Å². The number of rotatable bonds is 3. The van der Waals surface area contributed by atoms with E-state index in [1.54, 1.807) is 31.2 Å². The minimum Gasteiger partial charge on any atom is -0.341 e. The van der Waals surface area contributed by atoms with E-state index in [2.05, 4.69) is 5.32 Å². The maximum Gasteiger partial charge on any atom is 0.313 e. The van der Waals surface area contributed by atoms with Gasteiger partial charge in [0.2, 0.25) is 0 Å². The zero-order valence-electron chi connectivity index (χ0n) is 11.8. The third-order valence-electron chi connectivity index (χ3n) is 3.05. The molecule has 0 spiro atoms. The van der Waals surface area contributed by atoms with E-state index in [0.717, 1.165) is 23.8 Å². The van der Waals surface area contributed by atoms with E-state index in [-0.39, 0.29) is 0 Å². The summed E-state index contributed by atoms with van der Waals surface area (Å²) in [5, 5.41) is 4.39. The number of hydrogen-bond acceptors (Lipinski definition) is 2. The Morgan fingerprint density at radius 1 is 0.909 bits per heavy atom. The van der Waals surface area contributed by atoms with Crippen LogP contribution in [0.3, 0.4) is 0 Å². The Balaban J connectivity index is 2.02. The molecule has 0 saturated carbocycles. The summed E-state index contributed by atoms with van der Waals surface area (Å²) in [7, 11) is 0. The van der Waals surface area contributed by atoms with Gasteiger partial charge in [0.25, 0.3) is 0 Å². The predicted octanol–water partition coefficient (Wildman–Crippen LogP) is 2.78. The first-order valence-electron chi connectivity index (χ1n) is 6.60. The van der Waals surface area contributed by atoms with Crippen LogP contribution in [0.15, 0.2) is 48.5 Å². The maximum atomic E-state index is 13.4. The quantitative estimate of drug-likeness (QED) is 0.857. The molecule has 6 heteroatoms. The zero-order chi connectivity index (χ0) is 16.1. The molecule has 114 valence electrons. The van der Waals surface area contributed by atoms with Crippen LogP contribution in [0.1, 0.15) is 18.5 Å². The SMILES string of the molecule is CC(NC(=O)C(=O)Nc1c(F)cccc1F)c1ccccc1. The van der Waals surface area contributed by atoms with Crippen molar-refractivity contribution < 1.29 is 18.4 Å². The Bertz CT molecular complexity index is 670. The van der Waals surface area contributed by atoms with E-state index in [4.69, 9.17) is 0 Å². The fourth-order valence-corrected chi connectivity index (χ4v) is 1.87. The summed E-state index contributed by atoms with van der Waals surface area (Å²) in [5.41, 5.74) is 0.163. The molecule has 2 aromatic rings.